The minimum atomic E-state index is -0.845. The number of rotatable bonds is 5. The molecule has 1 aliphatic carbocycles. The first-order valence-corrected chi connectivity index (χ1v) is 9.07. The summed E-state index contributed by atoms with van der Waals surface area (Å²) in [7, 11) is 0. The van der Waals surface area contributed by atoms with E-state index in [0.717, 1.165) is 36.2 Å². The highest BCUT2D eigenvalue weighted by atomic mass is 16.4. The van der Waals surface area contributed by atoms with Crippen LogP contribution in [0.25, 0.3) is 5.69 Å². The highest BCUT2D eigenvalue weighted by Gasteiger charge is 2.39. The quantitative estimate of drug-likeness (QED) is 0.862. The molecule has 1 heterocycles. The van der Waals surface area contributed by atoms with Crippen molar-refractivity contribution in [2.24, 2.45) is 5.41 Å². The average molecular weight is 355 g/mol. The van der Waals surface area contributed by atoms with Crippen molar-refractivity contribution in [3.63, 3.8) is 0 Å². The van der Waals surface area contributed by atoms with Crippen molar-refractivity contribution < 1.29 is 14.7 Å². The molecule has 26 heavy (non-hydrogen) atoms. The Bertz CT molecular complexity index is 802. The molecule has 0 atom stereocenters. The van der Waals surface area contributed by atoms with Crippen LogP contribution < -0.4 is 5.32 Å². The number of hydrogen-bond donors (Lipinski definition) is 2. The van der Waals surface area contributed by atoms with Gasteiger partial charge in [0, 0.05) is 12.2 Å². The fourth-order valence-corrected chi connectivity index (χ4v) is 3.57. The zero-order chi connectivity index (χ0) is 18.7. The van der Waals surface area contributed by atoms with Crippen LogP contribution in [0.3, 0.4) is 0 Å². The van der Waals surface area contributed by atoms with E-state index in [4.69, 9.17) is 0 Å². The predicted molar refractivity (Wildman–Crippen MR) is 98.5 cm³/mol. The van der Waals surface area contributed by atoms with E-state index >= 15 is 0 Å². The summed E-state index contributed by atoms with van der Waals surface area (Å²) in [6.07, 6.45) is 4.06. The molecule has 0 saturated heterocycles. The van der Waals surface area contributed by atoms with E-state index in [9.17, 15) is 14.7 Å². The van der Waals surface area contributed by atoms with Gasteiger partial charge < -0.3 is 10.4 Å². The van der Waals surface area contributed by atoms with Crippen molar-refractivity contribution in [2.75, 3.05) is 6.54 Å². The summed E-state index contributed by atoms with van der Waals surface area (Å²) in [5, 5.41) is 16.8. The molecule has 0 spiro atoms. The number of aromatic nitrogens is 2. The zero-order valence-electron chi connectivity index (χ0n) is 15.3. The second kappa shape index (κ2) is 7.32. The van der Waals surface area contributed by atoms with Crippen LogP contribution in [-0.4, -0.2) is 33.3 Å². The third-order valence-corrected chi connectivity index (χ3v) is 5.25. The van der Waals surface area contributed by atoms with Crippen LogP contribution >= 0.6 is 0 Å². The molecule has 1 saturated carbocycles. The Morgan fingerprint density at radius 3 is 2.42 bits per heavy atom. The highest BCUT2D eigenvalue weighted by Crippen LogP contribution is 2.36. The summed E-state index contributed by atoms with van der Waals surface area (Å²) in [5.74, 6) is -1.15. The summed E-state index contributed by atoms with van der Waals surface area (Å²) in [4.78, 5) is 24.2. The second-order valence-electron chi connectivity index (χ2n) is 7.25. The summed E-state index contributed by atoms with van der Waals surface area (Å²) in [6, 6.07) is 9.63. The number of amides is 1. The standard InChI is InChI=1S/C20H25N3O3/c1-14-6-8-16(9-7-14)23-15(2)12-17(22-23)18(24)21-13-20(19(25)26)10-4-3-5-11-20/h6-9,12H,3-5,10-11,13H2,1-2H3,(H,21,24)(H,25,26). The van der Waals surface area contributed by atoms with E-state index in [1.165, 1.54) is 0 Å². The smallest absolute Gasteiger partial charge is 0.311 e. The van der Waals surface area contributed by atoms with Crippen LogP contribution in [-0.2, 0) is 4.79 Å². The number of hydrogen-bond acceptors (Lipinski definition) is 3. The van der Waals surface area contributed by atoms with E-state index in [0.29, 0.717) is 18.5 Å². The van der Waals surface area contributed by atoms with Gasteiger partial charge in [-0.2, -0.15) is 5.10 Å². The van der Waals surface area contributed by atoms with Crippen LogP contribution in [0.4, 0.5) is 0 Å². The van der Waals surface area contributed by atoms with Gasteiger partial charge in [-0.15, -0.1) is 0 Å². The molecular formula is C20H25N3O3. The first-order chi connectivity index (χ1) is 12.4. The van der Waals surface area contributed by atoms with Gasteiger partial charge in [0.1, 0.15) is 0 Å². The van der Waals surface area contributed by atoms with Gasteiger partial charge in [0.2, 0.25) is 0 Å². The Morgan fingerprint density at radius 2 is 1.81 bits per heavy atom. The maximum atomic E-state index is 12.5. The number of carboxylic acids is 1. The van der Waals surface area contributed by atoms with Crippen LogP contribution in [0.2, 0.25) is 0 Å². The Morgan fingerprint density at radius 1 is 1.15 bits per heavy atom. The summed E-state index contributed by atoms with van der Waals surface area (Å²) >= 11 is 0. The first-order valence-electron chi connectivity index (χ1n) is 9.07. The van der Waals surface area contributed by atoms with Crippen LogP contribution in [0.1, 0.15) is 53.8 Å². The number of aliphatic carboxylic acids is 1. The number of carboxylic acid groups (broad SMARTS) is 1. The molecule has 0 unspecified atom stereocenters. The van der Waals surface area contributed by atoms with Crippen molar-refractivity contribution in [1.29, 1.82) is 0 Å². The van der Waals surface area contributed by atoms with Gasteiger partial charge in [0.25, 0.3) is 5.91 Å². The van der Waals surface area contributed by atoms with Crippen LogP contribution in [0.5, 0.6) is 0 Å². The Balaban J connectivity index is 1.73. The topological polar surface area (TPSA) is 84.2 Å². The largest absolute Gasteiger partial charge is 0.481 e. The Labute approximate surface area is 153 Å². The molecule has 138 valence electrons. The molecule has 1 aromatic heterocycles. The maximum absolute atomic E-state index is 12.5. The molecular weight excluding hydrogens is 330 g/mol. The zero-order valence-corrected chi connectivity index (χ0v) is 15.3. The van der Waals surface area contributed by atoms with Gasteiger partial charge in [-0.25, -0.2) is 4.68 Å². The van der Waals surface area contributed by atoms with Gasteiger partial charge in [0.05, 0.1) is 11.1 Å². The molecule has 6 nitrogen and oxygen atoms in total. The van der Waals surface area contributed by atoms with E-state index in [1.807, 2.05) is 38.1 Å². The lowest BCUT2D eigenvalue weighted by atomic mass is 9.74. The summed E-state index contributed by atoms with van der Waals surface area (Å²) in [5.41, 5.74) is 2.36. The van der Waals surface area contributed by atoms with Gasteiger partial charge in [0.15, 0.2) is 5.69 Å². The molecule has 3 rings (SSSR count). The normalized spacial score (nSPS) is 16.2. The molecule has 2 N–H and O–H groups in total. The average Bonchev–Trinajstić information content (AvgIpc) is 3.03. The monoisotopic (exact) mass is 355 g/mol. The molecule has 1 fully saturated rings. The fraction of sp³-hybridized carbons (Fsp3) is 0.450. The van der Waals surface area contributed by atoms with E-state index in [-0.39, 0.29) is 12.5 Å². The molecule has 1 aliphatic rings. The van der Waals surface area contributed by atoms with E-state index in [2.05, 4.69) is 10.4 Å². The van der Waals surface area contributed by atoms with E-state index in [1.54, 1.807) is 10.7 Å². The van der Waals surface area contributed by atoms with Gasteiger partial charge in [-0.1, -0.05) is 37.0 Å². The molecule has 1 aromatic carbocycles. The molecule has 6 heteroatoms. The lowest BCUT2D eigenvalue weighted by Crippen LogP contribution is -2.44. The van der Waals surface area contributed by atoms with Crippen LogP contribution in [0, 0.1) is 19.3 Å². The Kier molecular flexibility index (Phi) is 5.11. The van der Waals surface area contributed by atoms with Crippen molar-refractivity contribution >= 4 is 11.9 Å². The van der Waals surface area contributed by atoms with Crippen LogP contribution in [0.15, 0.2) is 30.3 Å². The number of aryl methyl sites for hydroxylation is 2. The third kappa shape index (κ3) is 3.64. The molecule has 0 radical (unpaired) electrons. The predicted octanol–water partition coefficient (Wildman–Crippen LogP) is 3.25. The van der Waals surface area contributed by atoms with E-state index < -0.39 is 11.4 Å². The van der Waals surface area contributed by atoms with Crippen molar-refractivity contribution in [3.8, 4) is 5.69 Å². The number of nitrogens with one attached hydrogen (secondary N) is 1. The molecule has 1 amide bonds. The Hall–Kier alpha value is -2.63. The number of benzene rings is 1. The summed E-state index contributed by atoms with van der Waals surface area (Å²) < 4.78 is 1.72. The lowest BCUT2D eigenvalue weighted by molar-refractivity contribution is -0.150. The van der Waals surface area contributed by atoms with Crippen molar-refractivity contribution in [1.82, 2.24) is 15.1 Å². The number of carbonyl (C=O) groups excluding carboxylic acids is 1. The highest BCUT2D eigenvalue weighted by molar-refractivity contribution is 5.92. The third-order valence-electron chi connectivity index (χ3n) is 5.25. The molecule has 2 aromatic rings. The summed E-state index contributed by atoms with van der Waals surface area (Å²) in [6.45, 7) is 4.06. The van der Waals surface area contributed by atoms with Gasteiger partial charge in [-0.3, -0.25) is 9.59 Å². The second-order valence-corrected chi connectivity index (χ2v) is 7.25. The fourth-order valence-electron chi connectivity index (χ4n) is 3.57. The number of carbonyl (C=O) groups is 2. The first kappa shape index (κ1) is 18.2. The maximum Gasteiger partial charge on any atom is 0.311 e. The van der Waals surface area contributed by atoms with Crippen molar-refractivity contribution in [3.05, 3.63) is 47.3 Å². The molecule has 0 bridgehead atoms. The van der Waals surface area contributed by atoms with Gasteiger partial charge >= 0.3 is 5.97 Å². The number of nitrogens with zero attached hydrogens (tertiary/aromatic N) is 2. The minimum absolute atomic E-state index is 0.150. The lowest BCUT2D eigenvalue weighted by Gasteiger charge is -2.33. The molecule has 0 aliphatic heterocycles. The SMILES string of the molecule is Cc1ccc(-n2nc(C(=O)NCC3(C(=O)O)CCCCC3)cc2C)cc1. The van der Waals surface area contributed by atoms with Crippen molar-refractivity contribution in [2.45, 2.75) is 46.0 Å². The van der Waals surface area contributed by atoms with Gasteiger partial charge in [-0.05, 0) is 44.9 Å². The minimum Gasteiger partial charge on any atom is -0.481 e.